The van der Waals surface area contributed by atoms with E-state index in [9.17, 15) is 14.4 Å². The number of barbiturate groups is 1. The van der Waals surface area contributed by atoms with Crippen LogP contribution in [0.5, 0.6) is 0 Å². The van der Waals surface area contributed by atoms with Crippen LogP contribution in [0, 0.1) is 12.3 Å². The Kier molecular flexibility index (Phi) is 3.80. The third kappa shape index (κ3) is 2.65. The van der Waals surface area contributed by atoms with Crippen LogP contribution in [0.25, 0.3) is 0 Å². The van der Waals surface area contributed by atoms with Gasteiger partial charge >= 0.3 is 6.03 Å². The number of likely N-dealkylation sites (N-methyl/N-ethyl adjacent to an activating group) is 2. The van der Waals surface area contributed by atoms with E-state index in [1.807, 2.05) is 0 Å². The molecule has 1 fully saturated rings. The van der Waals surface area contributed by atoms with E-state index in [0.717, 1.165) is 9.80 Å². The van der Waals surface area contributed by atoms with Crippen molar-refractivity contribution >= 4 is 23.5 Å². The van der Waals surface area contributed by atoms with Crippen molar-refractivity contribution in [3.63, 3.8) is 0 Å². The van der Waals surface area contributed by atoms with Crippen LogP contribution in [-0.2, 0) is 9.59 Å². The second-order valence-corrected chi connectivity index (χ2v) is 4.39. The lowest BCUT2D eigenvalue weighted by Crippen LogP contribution is -2.58. The molecule has 0 spiro atoms. The number of azo groups is 1. The maximum absolute atomic E-state index is 11.9. The molecule has 0 saturated carbocycles. The van der Waals surface area contributed by atoms with Crippen LogP contribution in [0.1, 0.15) is 5.56 Å². The molecule has 0 bridgehead atoms. The number of imide groups is 2. The fourth-order valence-electron chi connectivity index (χ4n) is 1.77. The van der Waals surface area contributed by atoms with E-state index in [1.165, 1.54) is 14.1 Å². The first-order valence-corrected chi connectivity index (χ1v) is 6.02. The van der Waals surface area contributed by atoms with Crippen LogP contribution >= 0.6 is 0 Å². The summed E-state index contributed by atoms with van der Waals surface area (Å²) in [5.41, 5.74) is 1.03. The number of hydrogen-bond acceptors (Lipinski definition) is 5. The van der Waals surface area contributed by atoms with E-state index in [4.69, 9.17) is 6.42 Å². The Bertz CT molecular complexity index is 666. The van der Waals surface area contributed by atoms with Crippen LogP contribution in [0.4, 0.5) is 10.5 Å². The van der Waals surface area contributed by atoms with E-state index in [1.54, 1.807) is 24.3 Å². The van der Waals surface area contributed by atoms with Gasteiger partial charge in [-0.15, -0.1) is 6.42 Å². The Morgan fingerprint density at radius 2 is 1.76 bits per heavy atom. The Morgan fingerprint density at radius 1 is 1.14 bits per heavy atom. The van der Waals surface area contributed by atoms with Gasteiger partial charge in [0, 0.05) is 19.7 Å². The van der Waals surface area contributed by atoms with Crippen molar-refractivity contribution in [3.05, 3.63) is 29.8 Å². The normalized spacial score (nSPS) is 16.7. The zero-order chi connectivity index (χ0) is 15.6. The van der Waals surface area contributed by atoms with E-state index in [0.29, 0.717) is 11.3 Å². The fourth-order valence-corrected chi connectivity index (χ4v) is 1.77. The predicted molar refractivity (Wildman–Crippen MR) is 73.6 cm³/mol. The fraction of sp³-hybridized carbons (Fsp3) is 0.214. The molecule has 0 radical (unpaired) electrons. The van der Waals surface area contributed by atoms with Crippen molar-refractivity contribution in [2.75, 3.05) is 14.1 Å². The van der Waals surface area contributed by atoms with Crippen molar-refractivity contribution in [2.45, 2.75) is 6.04 Å². The molecular formula is C14H12N4O3. The quantitative estimate of drug-likeness (QED) is 0.464. The minimum Gasteiger partial charge on any atom is -0.271 e. The van der Waals surface area contributed by atoms with Gasteiger partial charge in [0.25, 0.3) is 11.8 Å². The van der Waals surface area contributed by atoms with Crippen molar-refractivity contribution in [3.8, 4) is 12.3 Å². The molecule has 1 aromatic carbocycles. The molecule has 1 aliphatic heterocycles. The summed E-state index contributed by atoms with van der Waals surface area (Å²) in [5, 5.41) is 7.60. The summed E-state index contributed by atoms with van der Waals surface area (Å²) in [6.45, 7) is 0. The molecule has 21 heavy (non-hydrogen) atoms. The summed E-state index contributed by atoms with van der Waals surface area (Å²) < 4.78 is 0. The van der Waals surface area contributed by atoms with Gasteiger partial charge in [-0.2, -0.15) is 10.2 Å². The number of amides is 4. The van der Waals surface area contributed by atoms with Crippen LogP contribution < -0.4 is 0 Å². The van der Waals surface area contributed by atoms with Crippen molar-refractivity contribution in [1.29, 1.82) is 0 Å². The highest BCUT2D eigenvalue weighted by Gasteiger charge is 2.42. The Balaban J connectivity index is 2.27. The maximum Gasteiger partial charge on any atom is 0.333 e. The van der Waals surface area contributed by atoms with Crippen LogP contribution in [-0.4, -0.2) is 47.8 Å². The molecular weight excluding hydrogens is 272 g/mol. The van der Waals surface area contributed by atoms with Crippen LogP contribution in [0.2, 0.25) is 0 Å². The first-order chi connectivity index (χ1) is 9.95. The molecule has 106 valence electrons. The SMILES string of the molecule is C#Cc1cccc(/N=N/C2C(=O)N(C)C(=O)N(C)C2=O)c1. The first kappa shape index (κ1) is 14.4. The zero-order valence-electron chi connectivity index (χ0n) is 11.5. The molecule has 7 nitrogen and oxygen atoms in total. The van der Waals surface area contributed by atoms with Gasteiger partial charge in [-0.3, -0.25) is 19.4 Å². The highest BCUT2D eigenvalue weighted by molar-refractivity contribution is 6.18. The Hall–Kier alpha value is -3.01. The molecule has 0 aliphatic carbocycles. The lowest BCUT2D eigenvalue weighted by atomic mass is 10.2. The molecule has 1 heterocycles. The Labute approximate surface area is 121 Å². The maximum atomic E-state index is 11.9. The number of terminal acetylenes is 1. The standard InChI is InChI=1S/C14H12N4O3/c1-4-9-6-5-7-10(8-9)15-16-11-12(19)17(2)14(21)18(3)13(11)20/h1,5-8,11H,2-3H3/b16-15+. The number of carbonyl (C=O) groups excluding carboxylic acids is 3. The van der Waals surface area contributed by atoms with Crippen molar-refractivity contribution < 1.29 is 14.4 Å². The van der Waals surface area contributed by atoms with Gasteiger partial charge in [0.2, 0.25) is 6.04 Å². The molecule has 0 N–H and O–H groups in total. The predicted octanol–water partition coefficient (Wildman–Crippen LogP) is 1.17. The second-order valence-electron chi connectivity index (χ2n) is 4.39. The number of hydrogen-bond donors (Lipinski definition) is 0. The average Bonchev–Trinajstić information content (AvgIpc) is 2.51. The molecule has 0 unspecified atom stereocenters. The van der Waals surface area contributed by atoms with Crippen LogP contribution in [0.3, 0.4) is 0 Å². The van der Waals surface area contributed by atoms with Gasteiger partial charge in [-0.25, -0.2) is 4.79 Å². The van der Waals surface area contributed by atoms with Gasteiger partial charge in [-0.05, 0) is 18.2 Å². The highest BCUT2D eigenvalue weighted by Crippen LogP contribution is 2.17. The monoisotopic (exact) mass is 284 g/mol. The molecule has 1 aliphatic rings. The number of carbonyl (C=O) groups is 3. The van der Waals surface area contributed by atoms with Crippen LogP contribution in [0.15, 0.2) is 34.5 Å². The largest absolute Gasteiger partial charge is 0.333 e. The Morgan fingerprint density at radius 3 is 2.33 bits per heavy atom. The zero-order valence-corrected chi connectivity index (χ0v) is 11.5. The topological polar surface area (TPSA) is 82.4 Å². The molecule has 1 saturated heterocycles. The van der Waals surface area contributed by atoms with Crippen molar-refractivity contribution in [1.82, 2.24) is 9.80 Å². The number of rotatable bonds is 2. The summed E-state index contributed by atoms with van der Waals surface area (Å²) in [6.07, 6.45) is 5.27. The molecule has 0 aromatic heterocycles. The van der Waals surface area contributed by atoms with E-state index in [2.05, 4.69) is 16.1 Å². The lowest BCUT2D eigenvalue weighted by Gasteiger charge is -2.30. The van der Waals surface area contributed by atoms with E-state index >= 15 is 0 Å². The summed E-state index contributed by atoms with van der Waals surface area (Å²) >= 11 is 0. The number of benzene rings is 1. The third-order valence-corrected chi connectivity index (χ3v) is 3.00. The van der Waals surface area contributed by atoms with E-state index in [-0.39, 0.29) is 0 Å². The second kappa shape index (κ2) is 5.54. The summed E-state index contributed by atoms with van der Waals surface area (Å²) in [5.74, 6) is 1.03. The van der Waals surface area contributed by atoms with Crippen molar-refractivity contribution in [2.24, 2.45) is 10.2 Å². The lowest BCUT2D eigenvalue weighted by molar-refractivity contribution is -0.143. The van der Waals surface area contributed by atoms with Gasteiger partial charge in [-0.1, -0.05) is 12.0 Å². The third-order valence-electron chi connectivity index (χ3n) is 3.00. The molecule has 7 heteroatoms. The minimum atomic E-state index is -1.35. The number of urea groups is 1. The van der Waals surface area contributed by atoms with Gasteiger partial charge < -0.3 is 0 Å². The smallest absolute Gasteiger partial charge is 0.271 e. The molecule has 1 aromatic rings. The van der Waals surface area contributed by atoms with Gasteiger partial charge in [0.1, 0.15) is 0 Å². The number of nitrogens with zero attached hydrogens (tertiary/aromatic N) is 4. The average molecular weight is 284 g/mol. The molecule has 2 rings (SSSR count). The summed E-state index contributed by atoms with van der Waals surface area (Å²) in [6, 6.07) is 4.60. The van der Waals surface area contributed by atoms with Gasteiger partial charge in [0.05, 0.1) is 5.69 Å². The summed E-state index contributed by atoms with van der Waals surface area (Å²) in [7, 11) is 2.57. The highest BCUT2D eigenvalue weighted by atomic mass is 16.2. The van der Waals surface area contributed by atoms with E-state index < -0.39 is 23.9 Å². The summed E-state index contributed by atoms with van der Waals surface area (Å²) in [4.78, 5) is 37.1. The van der Waals surface area contributed by atoms with Gasteiger partial charge in [0.15, 0.2) is 0 Å². The molecule has 4 amide bonds. The first-order valence-electron chi connectivity index (χ1n) is 6.02. The molecule has 0 atom stereocenters. The minimum absolute atomic E-state index is 0.424.